The van der Waals surface area contributed by atoms with Crippen molar-refractivity contribution in [2.24, 2.45) is 0 Å². The Kier molecular flexibility index (Phi) is 3.06. The van der Waals surface area contributed by atoms with Gasteiger partial charge < -0.3 is 9.64 Å². The lowest BCUT2D eigenvalue weighted by Crippen LogP contribution is -2.45. The third kappa shape index (κ3) is 2.33. The average Bonchev–Trinajstić information content (AvgIpc) is 2.17. The van der Waals surface area contributed by atoms with Crippen molar-refractivity contribution in [1.29, 1.82) is 0 Å². The van der Waals surface area contributed by atoms with E-state index in [1.165, 1.54) is 0 Å². The van der Waals surface area contributed by atoms with Gasteiger partial charge in [0, 0.05) is 0 Å². The molecule has 0 aromatic rings. The van der Waals surface area contributed by atoms with Crippen LogP contribution in [-0.2, 0) is 9.53 Å². The van der Waals surface area contributed by atoms with Crippen LogP contribution in [0.1, 0.15) is 27.7 Å². The van der Waals surface area contributed by atoms with Crippen LogP contribution in [0, 0.1) is 0 Å². The van der Waals surface area contributed by atoms with Gasteiger partial charge >= 0.3 is 0 Å². The smallest absolute Gasteiger partial charge is 0.258 e. The number of halogens is 2. The fourth-order valence-corrected chi connectivity index (χ4v) is 2.03. The van der Waals surface area contributed by atoms with E-state index >= 15 is 0 Å². The highest BCUT2D eigenvalue weighted by Crippen LogP contribution is 2.34. The summed E-state index contributed by atoms with van der Waals surface area (Å²) >= 11 is 11.1. The molecule has 0 unspecified atom stereocenters. The number of ether oxygens (including phenoxy) is 1. The van der Waals surface area contributed by atoms with Crippen LogP contribution in [0.4, 0.5) is 0 Å². The van der Waals surface area contributed by atoms with E-state index in [0.29, 0.717) is 6.54 Å². The van der Waals surface area contributed by atoms with Crippen LogP contribution in [0.5, 0.6) is 0 Å². The van der Waals surface area contributed by atoms with Gasteiger partial charge in [-0.2, -0.15) is 0 Å². The molecule has 82 valence electrons. The minimum Gasteiger partial charge on any atom is -0.348 e. The number of hydrogen-bond acceptors (Lipinski definition) is 2. The first kappa shape index (κ1) is 12.1. The summed E-state index contributed by atoms with van der Waals surface area (Å²) in [6.45, 7) is 8.03. The first-order valence-electron chi connectivity index (χ1n) is 4.45. The van der Waals surface area contributed by atoms with E-state index in [9.17, 15) is 4.79 Å². The summed E-state index contributed by atoms with van der Waals surface area (Å²) in [7, 11) is 0. The Balaban J connectivity index is 2.85. The van der Waals surface area contributed by atoms with Crippen LogP contribution >= 0.6 is 23.2 Å². The zero-order valence-corrected chi connectivity index (χ0v) is 10.3. The Morgan fingerprint density at radius 3 is 2.14 bits per heavy atom. The van der Waals surface area contributed by atoms with E-state index in [-0.39, 0.29) is 11.5 Å². The third-order valence-corrected chi connectivity index (χ3v) is 2.54. The number of carbonyl (C=O) groups excluding carboxylic acids is 1. The van der Waals surface area contributed by atoms with Crippen LogP contribution < -0.4 is 0 Å². The van der Waals surface area contributed by atoms with Crippen LogP contribution in [0.3, 0.4) is 0 Å². The number of alkyl halides is 2. The fourth-order valence-electron chi connectivity index (χ4n) is 1.80. The van der Waals surface area contributed by atoms with E-state index in [1.807, 2.05) is 27.7 Å². The van der Waals surface area contributed by atoms with Gasteiger partial charge in [-0.25, -0.2) is 0 Å². The fraction of sp³-hybridized carbons (Fsp3) is 0.889. The molecule has 1 aliphatic heterocycles. The van der Waals surface area contributed by atoms with Crippen molar-refractivity contribution < 1.29 is 9.53 Å². The van der Waals surface area contributed by atoms with Gasteiger partial charge in [0.15, 0.2) is 4.84 Å². The molecular formula is C9H15Cl2NO2. The van der Waals surface area contributed by atoms with Crippen LogP contribution in [0.15, 0.2) is 0 Å². The van der Waals surface area contributed by atoms with Crippen molar-refractivity contribution in [3.05, 3.63) is 0 Å². The predicted molar refractivity (Wildman–Crippen MR) is 56.5 cm³/mol. The number of nitrogens with zero attached hydrogens (tertiary/aromatic N) is 1. The molecule has 0 atom stereocenters. The molecule has 0 spiro atoms. The normalized spacial score (nSPS) is 24.4. The number of rotatable bonds is 1. The molecule has 1 aliphatic rings. The summed E-state index contributed by atoms with van der Waals surface area (Å²) in [6.07, 6.45) is 0. The maximum Gasteiger partial charge on any atom is 0.258 e. The molecule has 1 rings (SSSR count). The third-order valence-electron chi connectivity index (χ3n) is 2.17. The molecule has 1 amide bonds. The lowest BCUT2D eigenvalue weighted by atomic mass is 10.1. The molecule has 0 saturated carbocycles. The van der Waals surface area contributed by atoms with Crippen molar-refractivity contribution in [2.45, 2.75) is 43.9 Å². The predicted octanol–water partition coefficient (Wildman–Crippen LogP) is 2.16. The lowest BCUT2D eigenvalue weighted by molar-refractivity contribution is -0.147. The quantitative estimate of drug-likeness (QED) is 0.657. The molecule has 0 N–H and O–H groups in total. The van der Waals surface area contributed by atoms with Gasteiger partial charge in [0.2, 0.25) is 0 Å². The van der Waals surface area contributed by atoms with Gasteiger partial charge in [0.05, 0.1) is 12.1 Å². The second-order valence-electron chi connectivity index (χ2n) is 4.53. The lowest BCUT2D eigenvalue weighted by Gasteiger charge is -2.30. The summed E-state index contributed by atoms with van der Waals surface area (Å²) in [4.78, 5) is 12.2. The van der Waals surface area contributed by atoms with Crippen molar-refractivity contribution in [2.75, 3.05) is 6.54 Å². The highest BCUT2D eigenvalue weighted by atomic mass is 35.5. The molecule has 1 heterocycles. The number of hydrogen-bond donors (Lipinski definition) is 0. The van der Waals surface area contributed by atoms with E-state index in [1.54, 1.807) is 4.90 Å². The van der Waals surface area contributed by atoms with E-state index < -0.39 is 10.6 Å². The minimum atomic E-state index is -1.02. The highest BCUT2D eigenvalue weighted by Gasteiger charge is 2.47. The summed E-state index contributed by atoms with van der Waals surface area (Å²) in [5.41, 5.74) is -0.982. The van der Waals surface area contributed by atoms with Gasteiger partial charge in [0.1, 0.15) is 5.72 Å². The van der Waals surface area contributed by atoms with Gasteiger partial charge in [-0.05, 0) is 27.7 Å². The van der Waals surface area contributed by atoms with Gasteiger partial charge in [0.25, 0.3) is 5.91 Å². The van der Waals surface area contributed by atoms with E-state index in [4.69, 9.17) is 27.9 Å². The monoisotopic (exact) mass is 239 g/mol. The maximum atomic E-state index is 11.6. The Morgan fingerprint density at radius 2 is 1.86 bits per heavy atom. The van der Waals surface area contributed by atoms with Crippen LogP contribution in [0.2, 0.25) is 0 Å². The molecule has 0 aromatic carbocycles. The summed E-state index contributed by atoms with van der Waals surface area (Å²) in [5.74, 6) is -0.302. The van der Waals surface area contributed by atoms with Gasteiger partial charge in [-0.3, -0.25) is 4.79 Å². The molecule has 5 heteroatoms. The maximum absolute atomic E-state index is 11.6. The first-order chi connectivity index (χ1) is 6.16. The molecular weight excluding hydrogens is 225 g/mol. The zero-order valence-electron chi connectivity index (χ0n) is 8.80. The average molecular weight is 240 g/mol. The Labute approximate surface area is 94.3 Å². The van der Waals surface area contributed by atoms with Gasteiger partial charge in [-0.1, -0.05) is 23.2 Å². The molecule has 1 fully saturated rings. The molecule has 14 heavy (non-hydrogen) atoms. The molecule has 1 saturated heterocycles. The van der Waals surface area contributed by atoms with Crippen molar-refractivity contribution >= 4 is 29.1 Å². The first-order valence-corrected chi connectivity index (χ1v) is 5.33. The Hall–Kier alpha value is 0.01000. The number of amides is 1. The molecule has 0 bridgehead atoms. The highest BCUT2D eigenvalue weighted by molar-refractivity contribution is 6.53. The standard InChI is InChI=1S/C9H15Cl2NO2/c1-8(2)5-12(7(13)6(10)11)9(3,4)14-8/h6H,5H2,1-4H3. The van der Waals surface area contributed by atoms with E-state index in [0.717, 1.165) is 0 Å². The molecule has 0 aromatic heterocycles. The summed E-state index contributed by atoms with van der Waals surface area (Å²) in [5, 5.41) is 0. The van der Waals surface area contributed by atoms with E-state index in [2.05, 4.69) is 0 Å². The largest absolute Gasteiger partial charge is 0.348 e. The Bertz CT molecular complexity index is 251. The van der Waals surface area contributed by atoms with Crippen molar-refractivity contribution in [3.63, 3.8) is 0 Å². The second-order valence-corrected chi connectivity index (χ2v) is 5.63. The van der Waals surface area contributed by atoms with Crippen LogP contribution in [-0.4, -0.2) is 33.5 Å². The van der Waals surface area contributed by atoms with Crippen LogP contribution in [0.25, 0.3) is 0 Å². The second kappa shape index (κ2) is 3.54. The summed E-state index contributed by atoms with van der Waals surface area (Å²) in [6, 6.07) is 0. The molecule has 0 radical (unpaired) electrons. The zero-order chi connectivity index (χ0) is 11.1. The number of carbonyl (C=O) groups is 1. The minimum absolute atomic E-state index is 0.302. The van der Waals surface area contributed by atoms with Crippen molar-refractivity contribution in [3.8, 4) is 0 Å². The Morgan fingerprint density at radius 1 is 1.36 bits per heavy atom. The van der Waals surface area contributed by atoms with Gasteiger partial charge in [-0.15, -0.1) is 0 Å². The van der Waals surface area contributed by atoms with Crippen molar-refractivity contribution in [1.82, 2.24) is 4.90 Å². The molecule has 3 nitrogen and oxygen atoms in total. The topological polar surface area (TPSA) is 29.5 Å². The SMILES string of the molecule is CC1(C)CN(C(=O)C(Cl)Cl)C(C)(C)O1. The molecule has 0 aliphatic carbocycles. The summed E-state index contributed by atoms with van der Waals surface area (Å²) < 4.78 is 5.71.